The van der Waals surface area contributed by atoms with E-state index in [4.69, 9.17) is 0 Å². The first-order valence-electron chi connectivity index (χ1n) is 5.90. The molecule has 0 saturated carbocycles. The second-order valence-corrected chi connectivity index (χ2v) is 7.00. The summed E-state index contributed by atoms with van der Waals surface area (Å²) in [4.78, 5) is 14.4. The lowest BCUT2D eigenvalue weighted by Gasteiger charge is -2.34. The Balaban J connectivity index is 2.17. The number of hydrogen-bond acceptors (Lipinski definition) is 3. The van der Waals surface area contributed by atoms with E-state index in [2.05, 4.69) is 26.5 Å². The molecule has 1 aliphatic rings. The van der Waals surface area contributed by atoms with E-state index in [1.807, 2.05) is 16.7 Å². The first kappa shape index (κ1) is 13.7. The maximum atomic E-state index is 13.1. The van der Waals surface area contributed by atoms with E-state index in [-0.39, 0.29) is 10.8 Å². The SMILES string of the molecule is CC1CN(C(=O)c2ccc(F)c(S)c2)CC(C)S1. The van der Waals surface area contributed by atoms with Gasteiger partial charge in [-0.3, -0.25) is 4.79 Å². The van der Waals surface area contributed by atoms with E-state index in [0.717, 1.165) is 13.1 Å². The molecule has 2 atom stereocenters. The number of nitrogens with zero attached hydrogens (tertiary/aromatic N) is 1. The predicted molar refractivity (Wildman–Crippen MR) is 76.1 cm³/mol. The Morgan fingerprint density at radius 1 is 1.39 bits per heavy atom. The number of carbonyl (C=O) groups excluding carboxylic acids is 1. The lowest BCUT2D eigenvalue weighted by molar-refractivity contribution is 0.0753. The zero-order chi connectivity index (χ0) is 13.3. The molecule has 98 valence electrons. The van der Waals surface area contributed by atoms with Crippen LogP contribution >= 0.6 is 24.4 Å². The highest BCUT2D eigenvalue weighted by Gasteiger charge is 2.26. The van der Waals surface area contributed by atoms with E-state index in [9.17, 15) is 9.18 Å². The smallest absolute Gasteiger partial charge is 0.253 e. The minimum absolute atomic E-state index is 0.0377. The third-order valence-electron chi connectivity index (χ3n) is 2.90. The molecule has 0 spiro atoms. The fourth-order valence-corrected chi connectivity index (χ4v) is 3.71. The molecule has 0 bridgehead atoms. The van der Waals surface area contributed by atoms with Gasteiger partial charge in [-0.05, 0) is 18.2 Å². The average molecular weight is 285 g/mol. The van der Waals surface area contributed by atoms with Gasteiger partial charge >= 0.3 is 0 Å². The molecule has 1 aliphatic heterocycles. The lowest BCUT2D eigenvalue weighted by Crippen LogP contribution is -2.44. The Bertz CT molecular complexity index is 456. The van der Waals surface area contributed by atoms with Crippen LogP contribution in [-0.2, 0) is 0 Å². The summed E-state index contributed by atoms with van der Waals surface area (Å²) < 4.78 is 13.1. The zero-order valence-electron chi connectivity index (χ0n) is 10.4. The van der Waals surface area contributed by atoms with Crippen LogP contribution in [0.3, 0.4) is 0 Å². The summed E-state index contributed by atoms with van der Waals surface area (Å²) in [5.41, 5.74) is 0.507. The highest BCUT2D eigenvalue weighted by Crippen LogP contribution is 2.26. The lowest BCUT2D eigenvalue weighted by atomic mass is 10.1. The van der Waals surface area contributed by atoms with Crippen molar-refractivity contribution < 1.29 is 9.18 Å². The molecule has 1 fully saturated rings. The molecular weight excluding hydrogens is 269 g/mol. The zero-order valence-corrected chi connectivity index (χ0v) is 12.1. The second kappa shape index (κ2) is 5.53. The van der Waals surface area contributed by atoms with Crippen molar-refractivity contribution in [1.82, 2.24) is 4.90 Å². The molecule has 0 radical (unpaired) electrons. The van der Waals surface area contributed by atoms with Gasteiger partial charge in [0.05, 0.1) is 0 Å². The van der Waals surface area contributed by atoms with Crippen molar-refractivity contribution in [3.05, 3.63) is 29.6 Å². The van der Waals surface area contributed by atoms with Crippen LogP contribution in [0.2, 0.25) is 0 Å². The van der Waals surface area contributed by atoms with Gasteiger partial charge in [-0.1, -0.05) is 13.8 Å². The van der Waals surface area contributed by atoms with E-state index in [1.54, 1.807) is 0 Å². The Kier molecular flexibility index (Phi) is 4.22. The maximum absolute atomic E-state index is 13.1. The molecule has 5 heteroatoms. The van der Waals surface area contributed by atoms with Gasteiger partial charge in [-0.15, -0.1) is 12.6 Å². The molecule has 0 N–H and O–H groups in total. The molecule has 1 heterocycles. The molecule has 2 rings (SSSR count). The summed E-state index contributed by atoms with van der Waals surface area (Å²) in [7, 11) is 0. The molecule has 18 heavy (non-hydrogen) atoms. The molecule has 1 amide bonds. The third kappa shape index (κ3) is 3.01. The van der Waals surface area contributed by atoms with Crippen molar-refractivity contribution in [2.45, 2.75) is 29.2 Å². The quantitative estimate of drug-likeness (QED) is 0.800. The van der Waals surface area contributed by atoms with Crippen LogP contribution in [0.4, 0.5) is 4.39 Å². The fraction of sp³-hybridized carbons (Fsp3) is 0.462. The van der Waals surface area contributed by atoms with Gasteiger partial charge < -0.3 is 4.90 Å². The Labute approximate surface area is 116 Å². The number of thiol groups is 1. The standard InChI is InChI=1S/C13H16FNOS2/c1-8-6-15(7-9(2)18-8)13(16)10-3-4-11(14)12(17)5-10/h3-5,8-9,17H,6-7H2,1-2H3. The van der Waals surface area contributed by atoms with Gasteiger partial charge in [0.15, 0.2) is 0 Å². The van der Waals surface area contributed by atoms with Crippen LogP contribution in [0.15, 0.2) is 23.1 Å². The Morgan fingerprint density at radius 3 is 2.56 bits per heavy atom. The molecule has 2 unspecified atom stereocenters. The van der Waals surface area contributed by atoms with Crippen LogP contribution in [0.25, 0.3) is 0 Å². The van der Waals surface area contributed by atoms with Gasteiger partial charge in [-0.2, -0.15) is 11.8 Å². The topological polar surface area (TPSA) is 20.3 Å². The number of amides is 1. The van der Waals surface area contributed by atoms with Crippen molar-refractivity contribution in [3.8, 4) is 0 Å². The average Bonchev–Trinajstić information content (AvgIpc) is 2.30. The van der Waals surface area contributed by atoms with Crippen LogP contribution < -0.4 is 0 Å². The summed E-state index contributed by atoms with van der Waals surface area (Å²) in [6.45, 7) is 5.73. The van der Waals surface area contributed by atoms with Crippen LogP contribution in [0, 0.1) is 5.82 Å². The summed E-state index contributed by atoms with van der Waals surface area (Å²) in [6, 6.07) is 4.31. The van der Waals surface area contributed by atoms with Crippen molar-refractivity contribution in [3.63, 3.8) is 0 Å². The fourth-order valence-electron chi connectivity index (χ4n) is 2.17. The Hall–Kier alpha value is -0.680. The van der Waals surface area contributed by atoms with Gasteiger partial charge in [0, 0.05) is 34.0 Å². The van der Waals surface area contributed by atoms with E-state index in [0.29, 0.717) is 16.1 Å². The largest absolute Gasteiger partial charge is 0.336 e. The van der Waals surface area contributed by atoms with Crippen molar-refractivity contribution in [1.29, 1.82) is 0 Å². The summed E-state index contributed by atoms with van der Waals surface area (Å²) >= 11 is 5.91. The van der Waals surface area contributed by atoms with Crippen LogP contribution in [0.5, 0.6) is 0 Å². The monoisotopic (exact) mass is 285 g/mol. The molecular formula is C13H16FNOS2. The number of rotatable bonds is 1. The first-order chi connectivity index (χ1) is 8.47. The molecule has 2 nitrogen and oxygen atoms in total. The van der Waals surface area contributed by atoms with Crippen molar-refractivity contribution in [2.75, 3.05) is 13.1 Å². The molecule has 1 aromatic rings. The van der Waals surface area contributed by atoms with Crippen LogP contribution in [-0.4, -0.2) is 34.4 Å². The van der Waals surface area contributed by atoms with E-state index < -0.39 is 5.82 Å². The number of halogens is 1. The minimum atomic E-state index is -0.397. The van der Waals surface area contributed by atoms with Gasteiger partial charge in [-0.25, -0.2) is 4.39 Å². The third-order valence-corrected chi connectivity index (χ3v) is 4.47. The highest BCUT2D eigenvalue weighted by molar-refractivity contribution is 8.00. The molecule has 1 aromatic carbocycles. The summed E-state index contributed by atoms with van der Waals surface area (Å²) in [5.74, 6) is -0.435. The minimum Gasteiger partial charge on any atom is -0.336 e. The predicted octanol–water partition coefficient (Wildman–Crippen LogP) is 3.08. The first-order valence-corrected chi connectivity index (χ1v) is 7.29. The van der Waals surface area contributed by atoms with Crippen molar-refractivity contribution in [2.24, 2.45) is 0 Å². The number of hydrogen-bond donors (Lipinski definition) is 1. The van der Waals surface area contributed by atoms with Gasteiger partial charge in [0.25, 0.3) is 5.91 Å². The summed E-state index contributed by atoms with van der Waals surface area (Å²) in [6.07, 6.45) is 0. The maximum Gasteiger partial charge on any atom is 0.253 e. The molecule has 0 aromatic heterocycles. The van der Waals surface area contributed by atoms with Gasteiger partial charge in [0.2, 0.25) is 0 Å². The highest BCUT2D eigenvalue weighted by atomic mass is 32.2. The van der Waals surface area contributed by atoms with E-state index in [1.165, 1.54) is 18.2 Å². The van der Waals surface area contributed by atoms with E-state index >= 15 is 0 Å². The Morgan fingerprint density at radius 2 is 2.00 bits per heavy atom. The van der Waals surface area contributed by atoms with Gasteiger partial charge in [0.1, 0.15) is 5.82 Å². The number of benzene rings is 1. The number of carbonyl (C=O) groups is 1. The molecule has 0 aliphatic carbocycles. The van der Waals surface area contributed by atoms with Crippen molar-refractivity contribution >= 4 is 30.3 Å². The second-order valence-electron chi connectivity index (χ2n) is 4.63. The summed E-state index contributed by atoms with van der Waals surface area (Å²) in [5, 5.41) is 0.877. The molecule has 1 saturated heterocycles. The normalized spacial score (nSPS) is 24.1. The van der Waals surface area contributed by atoms with Crippen LogP contribution in [0.1, 0.15) is 24.2 Å². The number of thioether (sulfide) groups is 1.